The highest BCUT2D eigenvalue weighted by molar-refractivity contribution is 7.11. The quantitative estimate of drug-likeness (QED) is 0.748. The van der Waals surface area contributed by atoms with E-state index in [0.29, 0.717) is 5.92 Å². The van der Waals surface area contributed by atoms with Crippen molar-refractivity contribution in [3.63, 3.8) is 0 Å². The molecule has 1 aromatic heterocycles. The molecule has 90 valence electrons. The first-order valence-electron chi connectivity index (χ1n) is 6.69. The van der Waals surface area contributed by atoms with Crippen LogP contribution in [0.3, 0.4) is 0 Å². The summed E-state index contributed by atoms with van der Waals surface area (Å²) in [4.78, 5) is 6.38. The Morgan fingerprint density at radius 3 is 2.94 bits per heavy atom. The summed E-state index contributed by atoms with van der Waals surface area (Å²) in [6, 6.07) is 0. The zero-order valence-electron chi connectivity index (χ0n) is 10.8. The van der Waals surface area contributed by atoms with E-state index in [2.05, 4.69) is 20.8 Å². The summed E-state index contributed by atoms with van der Waals surface area (Å²) in [5.41, 5.74) is 1.42. The molecule has 0 radical (unpaired) electrons. The fourth-order valence-electron chi connectivity index (χ4n) is 2.45. The van der Waals surface area contributed by atoms with E-state index >= 15 is 0 Å². The van der Waals surface area contributed by atoms with Gasteiger partial charge in [0.2, 0.25) is 0 Å². The summed E-state index contributed by atoms with van der Waals surface area (Å²) in [5, 5.41) is 1.35. The third-order valence-corrected chi connectivity index (χ3v) is 4.94. The second kappa shape index (κ2) is 5.31. The normalized spacial score (nSPS) is 20.1. The van der Waals surface area contributed by atoms with Gasteiger partial charge in [0.25, 0.3) is 0 Å². The summed E-state index contributed by atoms with van der Waals surface area (Å²) in [7, 11) is 0. The highest BCUT2D eigenvalue weighted by atomic mass is 32.1. The van der Waals surface area contributed by atoms with E-state index in [0.717, 1.165) is 5.92 Å². The smallest absolute Gasteiger partial charge is 0.0956 e. The number of fused-ring (bicyclic) bond motifs is 1. The molecule has 2 heteroatoms. The Hall–Kier alpha value is -0.370. The summed E-state index contributed by atoms with van der Waals surface area (Å²) < 4.78 is 0. The largest absolute Gasteiger partial charge is 0.246 e. The van der Waals surface area contributed by atoms with Crippen molar-refractivity contribution in [2.45, 2.75) is 65.2 Å². The summed E-state index contributed by atoms with van der Waals surface area (Å²) in [6.45, 7) is 6.79. The SMILES string of the molecule is CCCC[C@@H]1CCc2nc(C(C)C)sc2C1. The molecule has 0 fully saturated rings. The Morgan fingerprint density at radius 2 is 2.25 bits per heavy atom. The van der Waals surface area contributed by atoms with Crippen LogP contribution in [0.2, 0.25) is 0 Å². The van der Waals surface area contributed by atoms with Gasteiger partial charge in [-0.05, 0) is 25.2 Å². The molecule has 0 amide bonds. The molecule has 0 saturated carbocycles. The molecule has 0 aliphatic heterocycles. The number of hydrogen-bond donors (Lipinski definition) is 0. The van der Waals surface area contributed by atoms with E-state index < -0.39 is 0 Å². The van der Waals surface area contributed by atoms with Crippen molar-refractivity contribution >= 4 is 11.3 Å². The van der Waals surface area contributed by atoms with Crippen molar-refractivity contribution in [1.29, 1.82) is 0 Å². The van der Waals surface area contributed by atoms with Crippen LogP contribution in [0.4, 0.5) is 0 Å². The van der Waals surface area contributed by atoms with E-state index in [-0.39, 0.29) is 0 Å². The van der Waals surface area contributed by atoms with Gasteiger partial charge < -0.3 is 0 Å². The minimum Gasteiger partial charge on any atom is -0.246 e. The Kier molecular flexibility index (Phi) is 4.01. The maximum absolute atomic E-state index is 4.78. The second-order valence-electron chi connectivity index (χ2n) is 5.33. The fraction of sp³-hybridized carbons (Fsp3) is 0.786. The number of rotatable bonds is 4. The lowest BCUT2D eigenvalue weighted by Crippen LogP contribution is -2.12. The van der Waals surface area contributed by atoms with Crippen LogP contribution < -0.4 is 0 Å². The number of hydrogen-bond acceptors (Lipinski definition) is 2. The van der Waals surface area contributed by atoms with Gasteiger partial charge in [0.15, 0.2) is 0 Å². The summed E-state index contributed by atoms with van der Waals surface area (Å²) >= 11 is 1.97. The van der Waals surface area contributed by atoms with E-state index in [4.69, 9.17) is 4.98 Å². The maximum Gasteiger partial charge on any atom is 0.0956 e. The van der Waals surface area contributed by atoms with Crippen LogP contribution in [-0.2, 0) is 12.8 Å². The van der Waals surface area contributed by atoms with E-state index in [1.54, 1.807) is 4.88 Å². The number of aryl methyl sites for hydroxylation is 1. The standard InChI is InChI=1S/C14H23NS/c1-4-5-6-11-7-8-12-13(9-11)16-14(15-12)10(2)3/h10-11H,4-9H2,1-3H3/t11-/m1/s1. The average Bonchev–Trinajstić information content (AvgIpc) is 2.69. The van der Waals surface area contributed by atoms with Gasteiger partial charge >= 0.3 is 0 Å². The highest BCUT2D eigenvalue weighted by Crippen LogP contribution is 2.34. The van der Waals surface area contributed by atoms with Crippen LogP contribution in [0, 0.1) is 5.92 Å². The van der Waals surface area contributed by atoms with Crippen molar-refractivity contribution in [3.05, 3.63) is 15.6 Å². The van der Waals surface area contributed by atoms with Crippen LogP contribution in [0.5, 0.6) is 0 Å². The molecule has 0 aromatic carbocycles. The molecule has 1 aliphatic carbocycles. The van der Waals surface area contributed by atoms with Crippen molar-refractivity contribution in [2.75, 3.05) is 0 Å². The van der Waals surface area contributed by atoms with Crippen LogP contribution in [-0.4, -0.2) is 4.98 Å². The fourth-order valence-corrected chi connectivity index (χ4v) is 3.68. The first kappa shape index (κ1) is 12.1. The van der Waals surface area contributed by atoms with Crippen LogP contribution >= 0.6 is 11.3 Å². The molecular weight excluding hydrogens is 214 g/mol. The second-order valence-corrected chi connectivity index (χ2v) is 6.44. The molecule has 1 atom stereocenters. The molecule has 2 rings (SSSR count). The molecule has 1 aromatic rings. The number of thiazole rings is 1. The number of aromatic nitrogens is 1. The van der Waals surface area contributed by atoms with Gasteiger partial charge in [0.05, 0.1) is 10.7 Å². The Morgan fingerprint density at radius 1 is 1.44 bits per heavy atom. The predicted octanol–water partition coefficient (Wildman–Crippen LogP) is 4.56. The molecule has 0 unspecified atom stereocenters. The molecular formula is C14H23NS. The molecule has 0 spiro atoms. The van der Waals surface area contributed by atoms with Gasteiger partial charge in [0, 0.05) is 10.8 Å². The van der Waals surface area contributed by atoms with Crippen LogP contribution in [0.1, 0.15) is 68.0 Å². The van der Waals surface area contributed by atoms with E-state index in [9.17, 15) is 0 Å². The van der Waals surface area contributed by atoms with Gasteiger partial charge in [0.1, 0.15) is 0 Å². The average molecular weight is 237 g/mol. The number of unbranched alkanes of at least 4 members (excludes halogenated alkanes) is 1. The molecule has 1 nitrogen and oxygen atoms in total. The third kappa shape index (κ3) is 2.65. The molecule has 1 heterocycles. The molecule has 0 bridgehead atoms. The van der Waals surface area contributed by atoms with E-state index in [1.807, 2.05) is 11.3 Å². The van der Waals surface area contributed by atoms with Crippen molar-refractivity contribution in [3.8, 4) is 0 Å². The molecule has 16 heavy (non-hydrogen) atoms. The lowest BCUT2D eigenvalue weighted by molar-refractivity contribution is 0.413. The molecule has 0 N–H and O–H groups in total. The lowest BCUT2D eigenvalue weighted by Gasteiger charge is -2.20. The minimum absolute atomic E-state index is 0.602. The third-order valence-electron chi connectivity index (χ3n) is 3.52. The molecule has 1 aliphatic rings. The van der Waals surface area contributed by atoms with Crippen LogP contribution in [0.15, 0.2) is 0 Å². The molecule has 0 saturated heterocycles. The van der Waals surface area contributed by atoms with E-state index in [1.165, 1.54) is 49.2 Å². The highest BCUT2D eigenvalue weighted by Gasteiger charge is 2.22. The topological polar surface area (TPSA) is 12.9 Å². The van der Waals surface area contributed by atoms with Gasteiger partial charge in [-0.25, -0.2) is 4.98 Å². The first-order valence-corrected chi connectivity index (χ1v) is 7.50. The lowest BCUT2D eigenvalue weighted by atomic mass is 9.87. The predicted molar refractivity (Wildman–Crippen MR) is 71.2 cm³/mol. The summed E-state index contributed by atoms with van der Waals surface area (Å²) in [5.74, 6) is 1.54. The van der Waals surface area contributed by atoms with Crippen molar-refractivity contribution in [1.82, 2.24) is 4.98 Å². The zero-order chi connectivity index (χ0) is 11.5. The van der Waals surface area contributed by atoms with Crippen molar-refractivity contribution < 1.29 is 0 Å². The minimum atomic E-state index is 0.602. The monoisotopic (exact) mass is 237 g/mol. The Balaban J connectivity index is 2.02. The van der Waals surface area contributed by atoms with Crippen LogP contribution in [0.25, 0.3) is 0 Å². The van der Waals surface area contributed by atoms with Gasteiger partial charge in [-0.2, -0.15) is 0 Å². The Labute approximate surface area is 103 Å². The summed E-state index contributed by atoms with van der Waals surface area (Å²) in [6.07, 6.45) is 8.06. The zero-order valence-corrected chi connectivity index (χ0v) is 11.6. The van der Waals surface area contributed by atoms with Gasteiger partial charge in [-0.15, -0.1) is 11.3 Å². The Bertz CT molecular complexity index is 341. The van der Waals surface area contributed by atoms with Gasteiger partial charge in [-0.1, -0.05) is 40.0 Å². The first-order chi connectivity index (χ1) is 7.70. The number of nitrogens with zero attached hydrogens (tertiary/aromatic N) is 1. The van der Waals surface area contributed by atoms with Crippen molar-refractivity contribution in [2.24, 2.45) is 5.92 Å². The van der Waals surface area contributed by atoms with Gasteiger partial charge in [-0.3, -0.25) is 0 Å². The maximum atomic E-state index is 4.78.